The van der Waals surface area contributed by atoms with Crippen LogP contribution in [0.5, 0.6) is 0 Å². The molecule has 0 saturated carbocycles. The van der Waals surface area contributed by atoms with Crippen LogP contribution in [0.3, 0.4) is 0 Å². The fourth-order valence-electron chi connectivity index (χ4n) is 2.55. The van der Waals surface area contributed by atoms with E-state index in [2.05, 4.69) is 16.4 Å². The molecule has 3 aromatic rings. The number of fused-ring (bicyclic) bond motifs is 1. The van der Waals surface area contributed by atoms with Gasteiger partial charge in [-0.3, -0.25) is 4.79 Å². The van der Waals surface area contributed by atoms with Crippen LogP contribution >= 0.6 is 11.3 Å². The topological polar surface area (TPSA) is 46.4 Å². The summed E-state index contributed by atoms with van der Waals surface area (Å²) >= 11 is 1.70. The van der Waals surface area contributed by atoms with Crippen molar-refractivity contribution in [2.45, 2.75) is 26.1 Å². The van der Waals surface area contributed by atoms with Crippen LogP contribution in [0.15, 0.2) is 54.6 Å². The maximum Gasteiger partial charge on any atom is 0.278 e. The fraction of sp³-hybridized carbons (Fsp3) is 0.263. The zero-order valence-corrected chi connectivity index (χ0v) is 14.8. The molecule has 0 fully saturated rings. The zero-order chi connectivity index (χ0) is 16.9. The molecule has 5 heteroatoms. The number of rotatable bonds is 6. The molecule has 2 N–H and O–H groups in total. The molecule has 2 aromatic carbocycles. The van der Waals surface area contributed by atoms with E-state index in [9.17, 15) is 4.79 Å². The van der Waals surface area contributed by atoms with Crippen molar-refractivity contribution >= 4 is 27.5 Å². The number of thiazole rings is 1. The molecule has 0 radical (unpaired) electrons. The lowest BCUT2D eigenvalue weighted by molar-refractivity contribution is -0.908. The van der Waals surface area contributed by atoms with Crippen LogP contribution in [-0.4, -0.2) is 24.0 Å². The highest BCUT2D eigenvalue weighted by Crippen LogP contribution is 2.20. The molecule has 1 unspecified atom stereocenters. The zero-order valence-electron chi connectivity index (χ0n) is 14.0. The van der Waals surface area contributed by atoms with Crippen LogP contribution in [0.25, 0.3) is 10.2 Å². The van der Waals surface area contributed by atoms with E-state index in [0.29, 0.717) is 6.54 Å². The van der Waals surface area contributed by atoms with Crippen molar-refractivity contribution in [3.05, 3.63) is 65.2 Å². The maximum absolute atomic E-state index is 12.4. The Hall–Kier alpha value is -2.24. The lowest BCUT2D eigenvalue weighted by Gasteiger charge is -2.20. The number of nitrogens with zero attached hydrogens (tertiary/aromatic N) is 1. The fourth-order valence-corrected chi connectivity index (χ4v) is 3.61. The number of hydrogen-bond donors (Lipinski definition) is 2. The summed E-state index contributed by atoms with van der Waals surface area (Å²) in [4.78, 5) is 18.2. The van der Waals surface area contributed by atoms with E-state index >= 15 is 0 Å². The molecule has 4 nitrogen and oxygen atoms in total. The Balaban J connectivity index is 1.57. The minimum Gasteiger partial charge on any atom is -0.347 e. The van der Waals surface area contributed by atoms with Gasteiger partial charge >= 0.3 is 0 Å². The van der Waals surface area contributed by atoms with Gasteiger partial charge in [0, 0.05) is 6.54 Å². The summed E-state index contributed by atoms with van der Waals surface area (Å²) in [7, 11) is 2.04. The highest BCUT2D eigenvalue weighted by Gasteiger charge is 2.22. The van der Waals surface area contributed by atoms with Crippen molar-refractivity contribution in [2.24, 2.45) is 0 Å². The van der Waals surface area contributed by atoms with Crippen molar-refractivity contribution in [3.63, 3.8) is 0 Å². The largest absolute Gasteiger partial charge is 0.347 e. The first-order valence-electron chi connectivity index (χ1n) is 8.12. The molecule has 0 aliphatic rings. The number of para-hydroxylation sites is 1. The molecular formula is C19H22N3OS+. The quantitative estimate of drug-likeness (QED) is 0.721. The summed E-state index contributed by atoms with van der Waals surface area (Å²) in [6, 6.07) is 18.0. The van der Waals surface area contributed by atoms with Gasteiger partial charge in [-0.05, 0) is 24.6 Å². The van der Waals surface area contributed by atoms with Crippen molar-refractivity contribution in [1.82, 2.24) is 10.3 Å². The van der Waals surface area contributed by atoms with Crippen molar-refractivity contribution in [2.75, 3.05) is 7.05 Å². The minimum absolute atomic E-state index is 0.0671. The number of carbonyl (C=O) groups excluding carboxylic acids is 1. The van der Waals surface area contributed by atoms with Crippen LogP contribution < -0.4 is 10.2 Å². The molecule has 2 atom stereocenters. The molecule has 0 bridgehead atoms. The summed E-state index contributed by atoms with van der Waals surface area (Å²) < 4.78 is 1.20. The Kier molecular flexibility index (Phi) is 5.23. The summed E-state index contributed by atoms with van der Waals surface area (Å²) in [5.41, 5.74) is 2.15. The summed E-state index contributed by atoms with van der Waals surface area (Å²) in [6.45, 7) is 3.28. The lowest BCUT2D eigenvalue weighted by Crippen LogP contribution is -3.12. The number of nitrogens with one attached hydrogen (secondary N) is 2. The Bertz CT molecular complexity index is 783. The van der Waals surface area contributed by atoms with Gasteiger partial charge in [-0.2, -0.15) is 0 Å². The second kappa shape index (κ2) is 7.55. The monoisotopic (exact) mass is 340 g/mol. The lowest BCUT2D eigenvalue weighted by atomic mass is 10.2. The van der Waals surface area contributed by atoms with Crippen molar-refractivity contribution < 1.29 is 9.69 Å². The van der Waals surface area contributed by atoms with Gasteiger partial charge in [-0.1, -0.05) is 42.5 Å². The molecule has 1 heterocycles. The third-order valence-electron chi connectivity index (χ3n) is 4.21. The molecule has 0 aliphatic heterocycles. The summed E-state index contributed by atoms with van der Waals surface area (Å²) in [5.74, 6) is 0.0671. The second-order valence-corrected chi connectivity index (χ2v) is 7.14. The number of hydrogen-bond acceptors (Lipinski definition) is 3. The predicted octanol–water partition coefficient (Wildman–Crippen LogP) is 2.02. The standard InChI is InChI=1S/C19H21N3OS/c1-14(19(23)20-12-15-8-4-3-5-9-15)22(2)13-18-21-16-10-6-7-11-17(16)24-18/h3-11,14H,12-13H2,1-2H3,(H,20,23)/p+1/t14-/m1/s1. The highest BCUT2D eigenvalue weighted by atomic mass is 32.1. The van der Waals surface area contributed by atoms with Crippen molar-refractivity contribution in [1.29, 1.82) is 0 Å². The smallest absolute Gasteiger partial charge is 0.278 e. The minimum atomic E-state index is -0.124. The van der Waals surface area contributed by atoms with Crippen LogP contribution in [0.1, 0.15) is 17.5 Å². The second-order valence-electron chi connectivity index (χ2n) is 6.02. The molecule has 0 saturated heterocycles. The van der Waals surface area contributed by atoms with Gasteiger partial charge in [-0.25, -0.2) is 4.98 Å². The number of aromatic nitrogens is 1. The van der Waals surface area contributed by atoms with E-state index in [1.54, 1.807) is 11.3 Å². The Labute approximate surface area is 146 Å². The van der Waals surface area contributed by atoms with E-state index in [0.717, 1.165) is 27.5 Å². The van der Waals surface area contributed by atoms with Crippen LogP contribution in [0.2, 0.25) is 0 Å². The number of quaternary nitrogens is 1. The van der Waals surface area contributed by atoms with Crippen LogP contribution in [-0.2, 0) is 17.9 Å². The van der Waals surface area contributed by atoms with Gasteiger partial charge in [-0.15, -0.1) is 11.3 Å². The van der Waals surface area contributed by atoms with Gasteiger partial charge in [0.25, 0.3) is 5.91 Å². The number of carbonyl (C=O) groups is 1. The Morgan fingerprint density at radius 1 is 1.17 bits per heavy atom. The molecule has 0 aliphatic carbocycles. The normalized spacial score (nSPS) is 13.6. The van der Waals surface area contributed by atoms with Crippen LogP contribution in [0.4, 0.5) is 0 Å². The number of likely N-dealkylation sites (N-methyl/N-ethyl adjacent to an activating group) is 1. The van der Waals surface area contributed by atoms with Gasteiger partial charge in [0.1, 0.15) is 11.6 Å². The Morgan fingerprint density at radius 2 is 1.88 bits per heavy atom. The molecule has 24 heavy (non-hydrogen) atoms. The van der Waals surface area contributed by atoms with Gasteiger partial charge in [0.05, 0.1) is 17.3 Å². The Morgan fingerprint density at radius 3 is 2.62 bits per heavy atom. The predicted molar refractivity (Wildman–Crippen MR) is 98.0 cm³/mol. The highest BCUT2D eigenvalue weighted by molar-refractivity contribution is 7.18. The van der Waals surface area contributed by atoms with E-state index < -0.39 is 0 Å². The third kappa shape index (κ3) is 3.99. The van der Waals surface area contributed by atoms with E-state index in [1.807, 2.05) is 62.5 Å². The maximum atomic E-state index is 12.4. The third-order valence-corrected chi connectivity index (χ3v) is 5.25. The number of benzene rings is 2. The van der Waals surface area contributed by atoms with Gasteiger partial charge < -0.3 is 10.2 Å². The first kappa shape index (κ1) is 16.6. The average molecular weight is 340 g/mol. The molecule has 1 amide bonds. The first-order chi connectivity index (χ1) is 11.6. The average Bonchev–Trinajstić information content (AvgIpc) is 3.02. The van der Waals surface area contributed by atoms with Crippen LogP contribution in [0, 0.1) is 0 Å². The molecule has 124 valence electrons. The molecule has 1 aromatic heterocycles. The van der Waals surface area contributed by atoms with Crippen molar-refractivity contribution in [3.8, 4) is 0 Å². The molecule has 0 spiro atoms. The van der Waals surface area contributed by atoms with Gasteiger partial charge in [0.2, 0.25) is 0 Å². The SMILES string of the molecule is C[C@H](C(=O)NCc1ccccc1)[NH+](C)Cc1nc2ccccc2s1. The number of amides is 1. The summed E-state index contributed by atoms with van der Waals surface area (Å²) in [5, 5.41) is 4.08. The van der Waals surface area contributed by atoms with Gasteiger partial charge in [0.15, 0.2) is 6.04 Å². The first-order valence-corrected chi connectivity index (χ1v) is 8.93. The molecular weight excluding hydrogens is 318 g/mol. The van der Waals surface area contributed by atoms with E-state index in [4.69, 9.17) is 0 Å². The molecule has 3 rings (SSSR count). The van der Waals surface area contributed by atoms with E-state index in [-0.39, 0.29) is 11.9 Å². The van der Waals surface area contributed by atoms with E-state index in [1.165, 1.54) is 4.70 Å². The summed E-state index contributed by atoms with van der Waals surface area (Å²) in [6.07, 6.45) is 0.